The van der Waals surface area contributed by atoms with Crippen LogP contribution < -0.4 is 15.0 Å². The van der Waals surface area contributed by atoms with Crippen molar-refractivity contribution in [3.63, 3.8) is 0 Å². The zero-order chi connectivity index (χ0) is 23.3. The van der Waals surface area contributed by atoms with Crippen LogP contribution in [0.25, 0.3) is 5.57 Å². The summed E-state index contributed by atoms with van der Waals surface area (Å²) < 4.78 is 10.8. The number of nitrogens with zero attached hydrogens (tertiary/aromatic N) is 2. The highest BCUT2D eigenvalue weighted by Gasteiger charge is 2.38. The Morgan fingerprint density at radius 2 is 1.62 bits per heavy atom. The molecule has 0 aliphatic carbocycles. The molecule has 1 aliphatic heterocycles. The number of nitrogens with one attached hydrogen (secondary N) is 1. The van der Waals surface area contributed by atoms with E-state index in [1.54, 1.807) is 7.11 Å². The third-order valence-corrected chi connectivity index (χ3v) is 5.07. The summed E-state index contributed by atoms with van der Waals surface area (Å²) >= 11 is 0. The zero-order valence-electron chi connectivity index (χ0n) is 19.3. The van der Waals surface area contributed by atoms with E-state index in [2.05, 4.69) is 5.32 Å². The third kappa shape index (κ3) is 5.29. The van der Waals surface area contributed by atoms with Crippen LogP contribution >= 0.6 is 0 Å². The summed E-state index contributed by atoms with van der Waals surface area (Å²) in [5, 5.41) is 3.19. The molecule has 0 saturated heterocycles. The lowest BCUT2D eigenvalue weighted by Crippen LogP contribution is -2.33. The number of methoxy groups -OCH3 is 1. The first kappa shape index (κ1) is 23.3. The Balaban J connectivity index is 1.94. The molecule has 1 aliphatic rings. The number of benzene rings is 2. The summed E-state index contributed by atoms with van der Waals surface area (Å²) in [7, 11) is 5.53. The van der Waals surface area contributed by atoms with Crippen LogP contribution in [-0.2, 0) is 14.3 Å². The van der Waals surface area contributed by atoms with Crippen molar-refractivity contribution < 1.29 is 19.1 Å². The molecule has 1 N–H and O–H groups in total. The Bertz CT molecular complexity index is 979. The highest BCUT2D eigenvalue weighted by molar-refractivity contribution is 6.36. The van der Waals surface area contributed by atoms with Crippen LogP contribution in [-0.4, -0.2) is 57.2 Å². The Morgan fingerprint density at radius 1 is 0.969 bits per heavy atom. The topological polar surface area (TPSA) is 71.1 Å². The van der Waals surface area contributed by atoms with E-state index in [-0.39, 0.29) is 23.6 Å². The fourth-order valence-corrected chi connectivity index (χ4v) is 3.49. The average molecular weight is 438 g/mol. The number of carbonyl (C=O) groups excluding carboxylic acids is 2. The minimum absolute atomic E-state index is 0.0494. The maximum atomic E-state index is 13.2. The van der Waals surface area contributed by atoms with Gasteiger partial charge >= 0.3 is 0 Å². The van der Waals surface area contributed by atoms with Crippen molar-refractivity contribution in [2.24, 2.45) is 0 Å². The van der Waals surface area contributed by atoms with Crippen LogP contribution in [0.15, 0.2) is 54.2 Å². The summed E-state index contributed by atoms with van der Waals surface area (Å²) in [6.45, 7) is 4.69. The monoisotopic (exact) mass is 437 g/mol. The summed E-state index contributed by atoms with van der Waals surface area (Å²) in [6, 6.07) is 15.0. The van der Waals surface area contributed by atoms with E-state index in [1.807, 2.05) is 81.4 Å². The van der Waals surface area contributed by atoms with Gasteiger partial charge < -0.3 is 19.7 Å². The number of hydrogen-bond acceptors (Lipinski definition) is 6. The highest BCUT2D eigenvalue weighted by Crippen LogP contribution is 2.32. The molecular weight excluding hydrogens is 406 g/mol. The molecule has 0 atom stereocenters. The van der Waals surface area contributed by atoms with Crippen LogP contribution in [0.4, 0.5) is 11.4 Å². The van der Waals surface area contributed by atoms with Gasteiger partial charge in [0.15, 0.2) is 0 Å². The molecule has 32 heavy (non-hydrogen) atoms. The van der Waals surface area contributed by atoms with E-state index in [9.17, 15) is 9.59 Å². The quantitative estimate of drug-likeness (QED) is 0.451. The molecule has 0 spiro atoms. The van der Waals surface area contributed by atoms with E-state index in [1.165, 1.54) is 4.90 Å². The molecule has 0 aromatic heterocycles. The second-order valence-corrected chi connectivity index (χ2v) is 8.12. The SMILES string of the molecule is COCCCN1C(=O)C(Nc2ccc(N(C)C)cc2)=C(c2ccc(OC(C)C)cc2)C1=O. The number of amides is 2. The molecule has 0 unspecified atom stereocenters. The molecule has 0 bridgehead atoms. The van der Waals surface area contributed by atoms with Gasteiger partial charge in [-0.15, -0.1) is 0 Å². The van der Waals surface area contributed by atoms with Crippen molar-refractivity contribution in [3.8, 4) is 5.75 Å². The number of hydrogen-bond donors (Lipinski definition) is 1. The second-order valence-electron chi connectivity index (χ2n) is 8.12. The average Bonchev–Trinajstić information content (AvgIpc) is 2.99. The van der Waals surface area contributed by atoms with Crippen LogP contribution in [0.3, 0.4) is 0 Å². The van der Waals surface area contributed by atoms with Crippen molar-refractivity contribution in [2.75, 3.05) is 44.6 Å². The molecule has 2 amide bonds. The largest absolute Gasteiger partial charge is 0.491 e. The Labute approximate surface area is 189 Å². The molecule has 0 saturated carbocycles. The van der Waals surface area contributed by atoms with Gasteiger partial charge in [0.1, 0.15) is 11.4 Å². The lowest BCUT2D eigenvalue weighted by atomic mass is 10.0. The number of ether oxygens (including phenoxy) is 2. The van der Waals surface area contributed by atoms with Gasteiger partial charge in [0.25, 0.3) is 11.8 Å². The van der Waals surface area contributed by atoms with Crippen molar-refractivity contribution in [1.29, 1.82) is 0 Å². The molecule has 3 rings (SSSR count). The van der Waals surface area contributed by atoms with Crippen molar-refractivity contribution >= 4 is 28.8 Å². The minimum atomic E-state index is -0.333. The fraction of sp³-hybridized carbons (Fsp3) is 0.360. The van der Waals surface area contributed by atoms with E-state index in [0.717, 1.165) is 11.4 Å². The lowest BCUT2D eigenvalue weighted by Gasteiger charge is -2.15. The van der Waals surface area contributed by atoms with Crippen molar-refractivity contribution in [3.05, 3.63) is 59.8 Å². The van der Waals surface area contributed by atoms with Crippen LogP contribution in [0.1, 0.15) is 25.8 Å². The van der Waals surface area contributed by atoms with E-state index in [0.29, 0.717) is 36.5 Å². The first-order valence-electron chi connectivity index (χ1n) is 10.7. The van der Waals surface area contributed by atoms with Crippen molar-refractivity contribution in [2.45, 2.75) is 26.4 Å². The molecule has 0 radical (unpaired) electrons. The Kier molecular flexibility index (Phi) is 7.53. The van der Waals surface area contributed by atoms with Crippen LogP contribution in [0, 0.1) is 0 Å². The van der Waals surface area contributed by atoms with E-state index >= 15 is 0 Å². The molecule has 2 aromatic rings. The smallest absolute Gasteiger partial charge is 0.278 e. The highest BCUT2D eigenvalue weighted by atomic mass is 16.5. The zero-order valence-corrected chi connectivity index (χ0v) is 19.3. The molecule has 2 aromatic carbocycles. The second kappa shape index (κ2) is 10.3. The third-order valence-electron chi connectivity index (χ3n) is 5.07. The Morgan fingerprint density at radius 3 is 2.19 bits per heavy atom. The normalized spacial score (nSPS) is 13.9. The number of imide groups is 1. The summed E-state index contributed by atoms with van der Waals surface area (Å²) in [5.74, 6) is 0.0724. The molecule has 170 valence electrons. The van der Waals surface area contributed by atoms with Gasteiger partial charge in [-0.25, -0.2) is 0 Å². The van der Waals surface area contributed by atoms with Crippen LogP contribution in [0.5, 0.6) is 5.75 Å². The maximum Gasteiger partial charge on any atom is 0.278 e. The fourth-order valence-electron chi connectivity index (χ4n) is 3.49. The summed E-state index contributed by atoms with van der Waals surface area (Å²) in [4.78, 5) is 29.7. The van der Waals surface area contributed by atoms with Crippen molar-refractivity contribution in [1.82, 2.24) is 4.90 Å². The van der Waals surface area contributed by atoms with Gasteiger partial charge in [-0.2, -0.15) is 0 Å². The molecular formula is C25H31N3O4. The predicted octanol–water partition coefficient (Wildman–Crippen LogP) is 3.77. The summed E-state index contributed by atoms with van der Waals surface area (Å²) in [5.41, 5.74) is 3.09. The number of rotatable bonds is 10. The van der Waals surface area contributed by atoms with Gasteiger partial charge in [0.05, 0.1) is 11.7 Å². The van der Waals surface area contributed by atoms with Gasteiger partial charge in [-0.3, -0.25) is 14.5 Å². The van der Waals surface area contributed by atoms with Gasteiger partial charge in [0.2, 0.25) is 0 Å². The molecule has 7 heteroatoms. The molecule has 1 heterocycles. The maximum absolute atomic E-state index is 13.2. The van der Waals surface area contributed by atoms with Gasteiger partial charge in [-0.05, 0) is 62.2 Å². The van der Waals surface area contributed by atoms with E-state index in [4.69, 9.17) is 9.47 Å². The first-order valence-corrected chi connectivity index (χ1v) is 10.7. The van der Waals surface area contributed by atoms with Gasteiger partial charge in [-0.1, -0.05) is 12.1 Å². The number of carbonyl (C=O) groups is 2. The van der Waals surface area contributed by atoms with E-state index < -0.39 is 0 Å². The molecule has 0 fully saturated rings. The Hall–Kier alpha value is -3.32. The van der Waals surface area contributed by atoms with Gasteiger partial charge in [0, 0.05) is 45.7 Å². The first-order chi connectivity index (χ1) is 15.3. The lowest BCUT2D eigenvalue weighted by molar-refractivity contribution is -0.136. The number of anilines is 2. The van der Waals surface area contributed by atoms with Crippen LogP contribution in [0.2, 0.25) is 0 Å². The molecule has 7 nitrogen and oxygen atoms in total. The standard InChI is InChI=1S/C25H31N3O4/c1-17(2)32-21-13-7-18(8-14-21)22-23(25(30)28(24(22)29)15-6-16-31-5)26-19-9-11-20(12-10-19)27(3)4/h7-14,17,26H,6,15-16H2,1-5H3. The summed E-state index contributed by atoms with van der Waals surface area (Å²) in [6.07, 6.45) is 0.626. The predicted molar refractivity (Wildman–Crippen MR) is 127 cm³/mol. The minimum Gasteiger partial charge on any atom is -0.491 e.